The molecule has 34 heavy (non-hydrogen) atoms. The largest absolute Gasteiger partial charge is 0.495 e. The summed E-state index contributed by atoms with van der Waals surface area (Å²) in [7, 11) is -2.47. The molecule has 0 unspecified atom stereocenters. The lowest BCUT2D eigenvalue weighted by Crippen LogP contribution is -2.41. The number of hydrogen-bond acceptors (Lipinski definition) is 7. The number of nitrogens with one attached hydrogen (secondary N) is 3. The van der Waals surface area contributed by atoms with Crippen LogP contribution in [-0.2, 0) is 10.0 Å². The van der Waals surface area contributed by atoms with Gasteiger partial charge >= 0.3 is 0 Å². The standard InChI is InChI=1S/C23H21N3O7S/c1-31-19-5-3-2-4-18(19)26-34(29,30)17-9-6-15(7-10-17)22(27)24-25-23(28)16-8-11-20-21(14-16)33-13-12-32-20/h2-11,14,26H,12-13H2,1H3,(H,24,27)(H,25,28). The van der Waals surface area contributed by atoms with Crippen LogP contribution >= 0.6 is 0 Å². The molecule has 4 rings (SSSR count). The van der Waals surface area contributed by atoms with Gasteiger partial charge in [0.05, 0.1) is 17.7 Å². The molecular formula is C23H21N3O7S. The fraction of sp³-hybridized carbons (Fsp3) is 0.130. The highest BCUT2D eigenvalue weighted by Gasteiger charge is 2.18. The summed E-state index contributed by atoms with van der Waals surface area (Å²) in [4.78, 5) is 24.7. The van der Waals surface area contributed by atoms with Crippen LogP contribution in [0.5, 0.6) is 17.2 Å². The monoisotopic (exact) mass is 483 g/mol. The van der Waals surface area contributed by atoms with E-state index in [9.17, 15) is 18.0 Å². The topological polar surface area (TPSA) is 132 Å². The first-order chi connectivity index (χ1) is 16.4. The van der Waals surface area contributed by atoms with E-state index in [0.717, 1.165) is 0 Å². The number of fused-ring (bicyclic) bond motifs is 1. The minimum absolute atomic E-state index is 0.0460. The number of hydrazine groups is 1. The van der Waals surface area contributed by atoms with Crippen LogP contribution in [0.15, 0.2) is 71.6 Å². The Morgan fingerprint density at radius 3 is 2.15 bits per heavy atom. The van der Waals surface area contributed by atoms with E-state index in [1.165, 1.54) is 37.4 Å². The maximum absolute atomic E-state index is 12.7. The minimum Gasteiger partial charge on any atom is -0.495 e. The molecule has 3 aromatic rings. The molecule has 0 fully saturated rings. The molecule has 3 N–H and O–H groups in total. The van der Waals surface area contributed by atoms with E-state index in [-0.39, 0.29) is 21.7 Å². The molecule has 0 bridgehead atoms. The molecule has 0 atom stereocenters. The van der Waals surface area contributed by atoms with Crippen molar-refractivity contribution in [2.75, 3.05) is 25.0 Å². The molecule has 11 heteroatoms. The van der Waals surface area contributed by atoms with E-state index >= 15 is 0 Å². The van der Waals surface area contributed by atoms with E-state index in [4.69, 9.17) is 14.2 Å². The van der Waals surface area contributed by atoms with Gasteiger partial charge in [0.1, 0.15) is 19.0 Å². The van der Waals surface area contributed by atoms with Crippen molar-refractivity contribution in [3.8, 4) is 17.2 Å². The zero-order chi connectivity index (χ0) is 24.1. The molecule has 0 aliphatic carbocycles. The Morgan fingerprint density at radius 2 is 1.44 bits per heavy atom. The van der Waals surface area contributed by atoms with Crippen LogP contribution in [0.3, 0.4) is 0 Å². The third kappa shape index (κ3) is 5.04. The maximum atomic E-state index is 12.7. The molecule has 10 nitrogen and oxygen atoms in total. The molecule has 3 aromatic carbocycles. The second-order valence-corrected chi connectivity index (χ2v) is 8.78. The molecule has 1 aliphatic heterocycles. The molecule has 0 aromatic heterocycles. The third-order valence-electron chi connectivity index (χ3n) is 4.87. The van der Waals surface area contributed by atoms with Crippen molar-refractivity contribution < 1.29 is 32.2 Å². The molecular weight excluding hydrogens is 462 g/mol. The van der Waals surface area contributed by atoms with Crippen molar-refractivity contribution in [2.45, 2.75) is 4.90 Å². The van der Waals surface area contributed by atoms with Gasteiger partial charge in [-0.15, -0.1) is 0 Å². The van der Waals surface area contributed by atoms with Gasteiger partial charge in [0, 0.05) is 11.1 Å². The number of sulfonamides is 1. The van der Waals surface area contributed by atoms with Gasteiger partial charge in [-0.3, -0.25) is 25.2 Å². The Kier molecular flexibility index (Phi) is 6.55. The van der Waals surface area contributed by atoms with Crippen LogP contribution < -0.4 is 29.8 Å². The molecule has 1 aliphatic rings. The number of carbonyl (C=O) groups is 2. The van der Waals surface area contributed by atoms with Gasteiger partial charge in [-0.2, -0.15) is 0 Å². The number of benzene rings is 3. The predicted octanol–water partition coefficient (Wildman–Crippen LogP) is 2.34. The van der Waals surface area contributed by atoms with Gasteiger partial charge in [0.15, 0.2) is 11.5 Å². The SMILES string of the molecule is COc1ccccc1NS(=O)(=O)c1ccc(C(=O)NNC(=O)c2ccc3c(c2)OCCO3)cc1. The lowest BCUT2D eigenvalue weighted by Gasteiger charge is -2.18. The third-order valence-corrected chi connectivity index (χ3v) is 6.25. The van der Waals surface area contributed by atoms with E-state index in [1.807, 2.05) is 0 Å². The number of carbonyl (C=O) groups excluding carboxylic acids is 2. The van der Waals surface area contributed by atoms with Crippen LogP contribution in [0.25, 0.3) is 0 Å². The number of methoxy groups -OCH3 is 1. The summed E-state index contributed by atoms with van der Waals surface area (Å²) in [5, 5.41) is 0. The molecule has 0 radical (unpaired) electrons. The maximum Gasteiger partial charge on any atom is 0.269 e. The summed E-state index contributed by atoms with van der Waals surface area (Å²) in [5.41, 5.74) is 5.32. The second-order valence-electron chi connectivity index (χ2n) is 7.10. The highest BCUT2D eigenvalue weighted by Crippen LogP contribution is 2.30. The lowest BCUT2D eigenvalue weighted by atomic mass is 10.2. The quantitative estimate of drug-likeness (QED) is 0.459. The summed E-state index contributed by atoms with van der Waals surface area (Å²) in [5.74, 6) is 0.194. The first-order valence-electron chi connectivity index (χ1n) is 10.1. The molecule has 0 spiro atoms. The van der Waals surface area contributed by atoms with E-state index in [0.29, 0.717) is 30.5 Å². The number of rotatable bonds is 6. The van der Waals surface area contributed by atoms with E-state index in [1.54, 1.807) is 36.4 Å². The molecule has 0 saturated carbocycles. The number of amides is 2. The van der Waals surface area contributed by atoms with Gasteiger partial charge in [-0.25, -0.2) is 8.42 Å². The van der Waals surface area contributed by atoms with Gasteiger partial charge < -0.3 is 14.2 Å². The number of para-hydroxylation sites is 2. The Labute approximate surface area is 195 Å². The van der Waals surface area contributed by atoms with Crippen molar-refractivity contribution in [3.05, 3.63) is 77.9 Å². The Morgan fingerprint density at radius 1 is 0.824 bits per heavy atom. The minimum atomic E-state index is -3.91. The second kappa shape index (κ2) is 9.71. The average molecular weight is 484 g/mol. The first-order valence-corrected chi connectivity index (χ1v) is 11.6. The molecule has 2 amide bonds. The van der Waals surface area contributed by atoms with Crippen molar-refractivity contribution in [3.63, 3.8) is 0 Å². The van der Waals surface area contributed by atoms with E-state index in [2.05, 4.69) is 15.6 Å². The summed E-state index contributed by atoms with van der Waals surface area (Å²) in [6.07, 6.45) is 0. The Bertz CT molecular complexity index is 1320. The summed E-state index contributed by atoms with van der Waals surface area (Å²) in [6, 6.07) is 16.5. The van der Waals surface area contributed by atoms with Crippen LogP contribution in [-0.4, -0.2) is 40.6 Å². The fourth-order valence-electron chi connectivity index (χ4n) is 3.16. The van der Waals surface area contributed by atoms with Gasteiger partial charge in [-0.05, 0) is 54.6 Å². The smallest absolute Gasteiger partial charge is 0.269 e. The number of hydrogen-bond donors (Lipinski definition) is 3. The summed E-state index contributed by atoms with van der Waals surface area (Å²) in [6.45, 7) is 0.820. The van der Waals surface area contributed by atoms with Crippen LogP contribution in [0.4, 0.5) is 5.69 Å². The zero-order valence-electron chi connectivity index (χ0n) is 18.0. The Hall–Kier alpha value is -4.25. The molecule has 1 heterocycles. The van der Waals surface area contributed by atoms with Crippen molar-refractivity contribution >= 4 is 27.5 Å². The lowest BCUT2D eigenvalue weighted by molar-refractivity contribution is 0.0846. The highest BCUT2D eigenvalue weighted by molar-refractivity contribution is 7.92. The van der Waals surface area contributed by atoms with Crippen LogP contribution in [0, 0.1) is 0 Å². The first kappa shape index (κ1) is 22.9. The van der Waals surface area contributed by atoms with Gasteiger partial charge in [0.2, 0.25) is 0 Å². The average Bonchev–Trinajstić information content (AvgIpc) is 2.87. The van der Waals surface area contributed by atoms with Crippen LogP contribution in [0.2, 0.25) is 0 Å². The highest BCUT2D eigenvalue weighted by atomic mass is 32.2. The van der Waals surface area contributed by atoms with Crippen molar-refractivity contribution in [2.24, 2.45) is 0 Å². The van der Waals surface area contributed by atoms with E-state index < -0.39 is 21.8 Å². The molecule has 176 valence electrons. The fourth-order valence-corrected chi connectivity index (χ4v) is 4.23. The number of ether oxygens (including phenoxy) is 3. The zero-order valence-corrected chi connectivity index (χ0v) is 18.8. The Balaban J connectivity index is 1.38. The van der Waals surface area contributed by atoms with Gasteiger partial charge in [0.25, 0.3) is 21.8 Å². The summed E-state index contributed by atoms with van der Waals surface area (Å²) < 4.78 is 43.8. The predicted molar refractivity (Wildman–Crippen MR) is 123 cm³/mol. The number of anilines is 1. The van der Waals surface area contributed by atoms with Gasteiger partial charge in [-0.1, -0.05) is 12.1 Å². The molecule has 0 saturated heterocycles. The van der Waals surface area contributed by atoms with Crippen molar-refractivity contribution in [1.82, 2.24) is 10.9 Å². The summed E-state index contributed by atoms with van der Waals surface area (Å²) >= 11 is 0. The van der Waals surface area contributed by atoms with Crippen LogP contribution in [0.1, 0.15) is 20.7 Å². The van der Waals surface area contributed by atoms with Crippen molar-refractivity contribution in [1.29, 1.82) is 0 Å². The normalized spacial score (nSPS) is 12.4.